The summed E-state index contributed by atoms with van der Waals surface area (Å²) in [7, 11) is -3.03. The van der Waals surface area contributed by atoms with Crippen LogP contribution in [0.4, 0.5) is 8.78 Å². The van der Waals surface area contributed by atoms with Gasteiger partial charge in [0.2, 0.25) is 10.0 Å². The molecular weight excluding hydrogens is 304 g/mol. The molecule has 2 rings (SSSR count). The minimum atomic E-state index is -3.03. The number of hydrogen-bond acceptors (Lipinski definition) is 3. The van der Waals surface area contributed by atoms with Gasteiger partial charge >= 0.3 is 0 Å². The number of hydrogen-bond donors (Lipinski definition) is 0. The molecule has 0 aromatic heterocycles. The third kappa shape index (κ3) is 3.93. The van der Waals surface area contributed by atoms with Crippen molar-refractivity contribution in [3.63, 3.8) is 0 Å². The highest BCUT2D eigenvalue weighted by atomic mass is 32.2. The van der Waals surface area contributed by atoms with Gasteiger partial charge in [-0.05, 0) is 30.2 Å². The Balaban J connectivity index is 1.71. The Kier molecular flexibility index (Phi) is 5.40. The summed E-state index contributed by atoms with van der Waals surface area (Å²) in [5.74, 6) is -0.0396. The number of thioether (sulfide) groups is 1. The van der Waals surface area contributed by atoms with Crippen LogP contribution in [0.5, 0.6) is 0 Å². The van der Waals surface area contributed by atoms with Gasteiger partial charge in [-0.3, -0.25) is 0 Å². The van der Waals surface area contributed by atoms with Crippen LogP contribution in [0.15, 0.2) is 18.2 Å². The van der Waals surface area contributed by atoms with E-state index in [0.29, 0.717) is 43.0 Å². The Bertz CT molecular complexity index is 563. The molecule has 7 heteroatoms. The molecular formula is C13H17F2NO2S2. The lowest BCUT2D eigenvalue weighted by Crippen LogP contribution is -2.28. The second kappa shape index (κ2) is 6.87. The molecule has 0 aliphatic carbocycles. The van der Waals surface area contributed by atoms with Crippen molar-refractivity contribution in [1.29, 1.82) is 0 Å². The zero-order valence-electron chi connectivity index (χ0n) is 11.0. The fourth-order valence-electron chi connectivity index (χ4n) is 2.13. The SMILES string of the molecule is O=S1(=O)CCCN1CCSCCc1cccc(F)c1F. The van der Waals surface area contributed by atoms with Gasteiger partial charge in [0.1, 0.15) is 0 Å². The van der Waals surface area contributed by atoms with E-state index in [9.17, 15) is 17.2 Å². The molecule has 0 spiro atoms. The van der Waals surface area contributed by atoms with E-state index >= 15 is 0 Å². The minimum absolute atomic E-state index is 0.242. The third-order valence-electron chi connectivity index (χ3n) is 3.24. The van der Waals surface area contributed by atoms with Crippen LogP contribution in [0.2, 0.25) is 0 Å². The van der Waals surface area contributed by atoms with E-state index in [1.807, 2.05) is 0 Å². The number of benzene rings is 1. The highest BCUT2D eigenvalue weighted by molar-refractivity contribution is 7.99. The van der Waals surface area contributed by atoms with E-state index in [1.54, 1.807) is 17.8 Å². The predicted octanol–water partition coefficient (Wildman–Crippen LogP) is 2.28. The van der Waals surface area contributed by atoms with Crippen LogP contribution in [0.25, 0.3) is 0 Å². The van der Waals surface area contributed by atoms with Gasteiger partial charge in [0.25, 0.3) is 0 Å². The highest BCUT2D eigenvalue weighted by Crippen LogP contribution is 2.16. The van der Waals surface area contributed by atoms with Crippen LogP contribution < -0.4 is 0 Å². The number of halogens is 2. The molecule has 0 bridgehead atoms. The molecule has 0 N–H and O–H groups in total. The monoisotopic (exact) mass is 321 g/mol. The summed E-state index contributed by atoms with van der Waals surface area (Å²) in [6, 6.07) is 4.17. The van der Waals surface area contributed by atoms with Crippen molar-refractivity contribution >= 4 is 21.8 Å². The van der Waals surface area contributed by atoms with Gasteiger partial charge in [0, 0.05) is 18.8 Å². The first-order chi connectivity index (χ1) is 9.50. The fourth-order valence-corrected chi connectivity index (χ4v) is 4.70. The maximum atomic E-state index is 13.4. The van der Waals surface area contributed by atoms with Gasteiger partial charge in [-0.1, -0.05) is 12.1 Å². The third-order valence-corrected chi connectivity index (χ3v) is 6.16. The average molecular weight is 321 g/mol. The van der Waals surface area contributed by atoms with Crippen LogP contribution in [0.1, 0.15) is 12.0 Å². The molecule has 1 saturated heterocycles. The lowest BCUT2D eigenvalue weighted by atomic mass is 10.1. The summed E-state index contributed by atoms with van der Waals surface area (Å²) in [5, 5.41) is 0. The maximum absolute atomic E-state index is 13.4. The second-order valence-electron chi connectivity index (χ2n) is 4.64. The lowest BCUT2D eigenvalue weighted by Gasteiger charge is -2.13. The van der Waals surface area contributed by atoms with Gasteiger partial charge < -0.3 is 0 Å². The van der Waals surface area contributed by atoms with Crippen molar-refractivity contribution in [1.82, 2.24) is 4.31 Å². The highest BCUT2D eigenvalue weighted by Gasteiger charge is 2.27. The summed E-state index contributed by atoms with van der Waals surface area (Å²) in [6.07, 6.45) is 1.14. The minimum Gasteiger partial charge on any atom is -0.212 e. The van der Waals surface area contributed by atoms with Crippen LogP contribution in [0.3, 0.4) is 0 Å². The van der Waals surface area contributed by atoms with Gasteiger partial charge in [0.15, 0.2) is 11.6 Å². The number of aryl methyl sites for hydroxylation is 1. The normalized spacial score (nSPS) is 18.5. The molecule has 1 heterocycles. The summed E-state index contributed by atoms with van der Waals surface area (Å²) in [4.78, 5) is 0. The Morgan fingerprint density at radius 1 is 1.25 bits per heavy atom. The van der Waals surface area contributed by atoms with Crippen molar-refractivity contribution in [2.24, 2.45) is 0 Å². The first kappa shape index (κ1) is 15.7. The smallest absolute Gasteiger partial charge is 0.212 e. The molecule has 0 unspecified atom stereocenters. The average Bonchev–Trinajstić information content (AvgIpc) is 2.73. The first-order valence-electron chi connectivity index (χ1n) is 6.49. The molecule has 1 fully saturated rings. The Morgan fingerprint density at radius 3 is 2.75 bits per heavy atom. The molecule has 1 aliphatic rings. The molecule has 1 aliphatic heterocycles. The molecule has 1 aromatic rings. The number of sulfonamides is 1. The van der Waals surface area contributed by atoms with Crippen molar-refractivity contribution in [3.8, 4) is 0 Å². The van der Waals surface area contributed by atoms with E-state index in [4.69, 9.17) is 0 Å². The zero-order chi connectivity index (χ0) is 14.6. The van der Waals surface area contributed by atoms with Crippen LogP contribution >= 0.6 is 11.8 Å². The number of nitrogens with zero attached hydrogens (tertiary/aromatic N) is 1. The summed E-state index contributed by atoms with van der Waals surface area (Å²) in [6.45, 7) is 1.10. The van der Waals surface area contributed by atoms with Gasteiger partial charge in [-0.25, -0.2) is 21.5 Å². The van der Waals surface area contributed by atoms with E-state index in [1.165, 1.54) is 10.4 Å². The number of rotatable bonds is 6. The Hall–Kier alpha value is -0.660. The van der Waals surface area contributed by atoms with E-state index < -0.39 is 21.7 Å². The molecule has 0 radical (unpaired) electrons. The summed E-state index contributed by atoms with van der Waals surface area (Å²) >= 11 is 1.56. The fraction of sp³-hybridized carbons (Fsp3) is 0.538. The molecule has 3 nitrogen and oxygen atoms in total. The predicted molar refractivity (Wildman–Crippen MR) is 77.4 cm³/mol. The lowest BCUT2D eigenvalue weighted by molar-refractivity contribution is 0.465. The van der Waals surface area contributed by atoms with E-state index in [2.05, 4.69) is 0 Å². The van der Waals surface area contributed by atoms with Gasteiger partial charge in [-0.2, -0.15) is 11.8 Å². The van der Waals surface area contributed by atoms with Crippen LogP contribution in [0, 0.1) is 11.6 Å². The van der Waals surface area contributed by atoms with Gasteiger partial charge in [0.05, 0.1) is 5.75 Å². The maximum Gasteiger partial charge on any atom is 0.214 e. The first-order valence-corrected chi connectivity index (χ1v) is 9.25. The zero-order valence-corrected chi connectivity index (χ0v) is 12.7. The molecule has 0 saturated carbocycles. The van der Waals surface area contributed by atoms with Crippen LogP contribution in [-0.4, -0.2) is 43.1 Å². The van der Waals surface area contributed by atoms with Crippen molar-refractivity contribution in [2.45, 2.75) is 12.8 Å². The van der Waals surface area contributed by atoms with E-state index in [-0.39, 0.29) is 5.75 Å². The van der Waals surface area contributed by atoms with Crippen molar-refractivity contribution < 1.29 is 17.2 Å². The van der Waals surface area contributed by atoms with Crippen molar-refractivity contribution in [2.75, 3.05) is 30.3 Å². The Morgan fingerprint density at radius 2 is 2.05 bits per heavy atom. The van der Waals surface area contributed by atoms with Gasteiger partial charge in [-0.15, -0.1) is 0 Å². The Labute approximate surface area is 122 Å². The largest absolute Gasteiger partial charge is 0.214 e. The molecule has 20 heavy (non-hydrogen) atoms. The topological polar surface area (TPSA) is 37.4 Å². The molecule has 0 amide bonds. The van der Waals surface area contributed by atoms with E-state index in [0.717, 1.165) is 6.07 Å². The molecule has 112 valence electrons. The van der Waals surface area contributed by atoms with Crippen molar-refractivity contribution in [3.05, 3.63) is 35.4 Å². The quantitative estimate of drug-likeness (QED) is 0.754. The second-order valence-corrected chi connectivity index (χ2v) is 7.96. The molecule has 0 atom stereocenters. The standard InChI is InChI=1S/C13H17F2NO2S2/c14-12-4-1-3-11(13(12)15)5-8-19-9-7-16-6-2-10-20(16,17)18/h1,3-4H,2,5-10H2. The van der Waals surface area contributed by atoms with Crippen LogP contribution in [-0.2, 0) is 16.4 Å². The summed E-state index contributed by atoms with van der Waals surface area (Å²) < 4.78 is 51.0. The summed E-state index contributed by atoms with van der Waals surface area (Å²) in [5.41, 5.74) is 0.367. The molecule has 1 aromatic carbocycles.